The van der Waals surface area contributed by atoms with E-state index >= 15 is 0 Å². The lowest BCUT2D eigenvalue weighted by atomic mass is 9.71. The van der Waals surface area contributed by atoms with Gasteiger partial charge in [0.2, 0.25) is 0 Å². The summed E-state index contributed by atoms with van der Waals surface area (Å²) in [7, 11) is 0. The summed E-state index contributed by atoms with van der Waals surface area (Å²) < 4.78 is 11.8. The molecule has 1 fully saturated rings. The molecule has 2 atom stereocenters. The van der Waals surface area contributed by atoms with Crippen molar-refractivity contribution in [3.8, 4) is 5.75 Å². The van der Waals surface area contributed by atoms with Gasteiger partial charge in [0.25, 0.3) is 0 Å². The van der Waals surface area contributed by atoms with Crippen molar-refractivity contribution in [3.63, 3.8) is 0 Å². The van der Waals surface area contributed by atoms with E-state index in [0.29, 0.717) is 31.3 Å². The highest BCUT2D eigenvalue weighted by molar-refractivity contribution is 5.32. The maximum Gasteiger partial charge on any atom is 0.123 e. The zero-order valence-corrected chi connectivity index (χ0v) is 13.6. The Balaban J connectivity index is 1.74. The molecule has 3 nitrogen and oxygen atoms in total. The zero-order valence-electron chi connectivity index (χ0n) is 13.6. The van der Waals surface area contributed by atoms with Crippen LogP contribution in [0.25, 0.3) is 0 Å². The summed E-state index contributed by atoms with van der Waals surface area (Å²) in [6, 6.07) is 7.92. The molecule has 0 amide bonds. The van der Waals surface area contributed by atoms with Crippen LogP contribution in [-0.4, -0.2) is 19.3 Å². The van der Waals surface area contributed by atoms with Crippen LogP contribution >= 0.6 is 0 Å². The van der Waals surface area contributed by atoms with Gasteiger partial charge in [0.15, 0.2) is 0 Å². The maximum absolute atomic E-state index is 6.03. The highest BCUT2D eigenvalue weighted by Gasteiger charge is 2.32. The average Bonchev–Trinajstić information content (AvgIpc) is 2.42. The Morgan fingerprint density at radius 2 is 1.95 bits per heavy atom. The van der Waals surface area contributed by atoms with Gasteiger partial charge in [0, 0.05) is 12.1 Å². The second kappa shape index (κ2) is 7.28. The van der Waals surface area contributed by atoms with Crippen molar-refractivity contribution < 1.29 is 9.47 Å². The average molecular weight is 291 g/mol. The SMILES string of the molecule is CC1CC(OCCOc2ccccc2CN)CC(C)(C)C1. The first-order valence-corrected chi connectivity index (χ1v) is 8.02. The first-order chi connectivity index (χ1) is 10.00. The third-order valence-electron chi connectivity index (χ3n) is 4.23. The Hall–Kier alpha value is -1.06. The summed E-state index contributed by atoms with van der Waals surface area (Å²) in [5.41, 5.74) is 7.15. The maximum atomic E-state index is 6.03. The lowest BCUT2D eigenvalue weighted by Gasteiger charge is -2.38. The van der Waals surface area contributed by atoms with E-state index in [0.717, 1.165) is 23.7 Å². The molecule has 0 radical (unpaired) electrons. The molecule has 0 saturated heterocycles. The topological polar surface area (TPSA) is 44.5 Å². The van der Waals surface area contributed by atoms with Gasteiger partial charge in [0.1, 0.15) is 12.4 Å². The van der Waals surface area contributed by atoms with Crippen LogP contribution in [0, 0.1) is 11.3 Å². The van der Waals surface area contributed by atoms with E-state index < -0.39 is 0 Å². The highest BCUT2D eigenvalue weighted by atomic mass is 16.5. The minimum Gasteiger partial charge on any atom is -0.491 e. The molecule has 0 heterocycles. The number of nitrogens with two attached hydrogens (primary N) is 1. The Bertz CT molecular complexity index is 445. The Labute approximate surface area is 128 Å². The number of hydrogen-bond acceptors (Lipinski definition) is 3. The number of para-hydroxylation sites is 1. The number of hydrogen-bond donors (Lipinski definition) is 1. The first-order valence-electron chi connectivity index (χ1n) is 8.02. The second-order valence-corrected chi connectivity index (χ2v) is 7.07. The van der Waals surface area contributed by atoms with E-state index in [4.69, 9.17) is 15.2 Å². The molecule has 1 aromatic carbocycles. The molecular formula is C18H29NO2. The Kier molecular flexibility index (Phi) is 5.65. The van der Waals surface area contributed by atoms with Crippen molar-refractivity contribution in [2.45, 2.75) is 52.7 Å². The van der Waals surface area contributed by atoms with E-state index in [1.807, 2.05) is 24.3 Å². The van der Waals surface area contributed by atoms with Gasteiger partial charge in [0.05, 0.1) is 12.7 Å². The molecule has 2 N–H and O–H groups in total. The molecule has 1 aliphatic rings. The van der Waals surface area contributed by atoms with Gasteiger partial charge in [-0.05, 0) is 36.7 Å². The molecule has 2 rings (SSSR count). The summed E-state index contributed by atoms with van der Waals surface area (Å²) in [4.78, 5) is 0. The van der Waals surface area contributed by atoms with Gasteiger partial charge in [-0.25, -0.2) is 0 Å². The van der Waals surface area contributed by atoms with Crippen molar-refractivity contribution in [2.24, 2.45) is 17.1 Å². The predicted octanol–water partition coefficient (Wildman–Crippen LogP) is 3.76. The van der Waals surface area contributed by atoms with Gasteiger partial charge in [-0.2, -0.15) is 0 Å². The molecule has 0 spiro atoms. The van der Waals surface area contributed by atoms with Crippen LogP contribution in [0.1, 0.15) is 45.6 Å². The normalized spacial score (nSPS) is 24.8. The minimum atomic E-state index is 0.372. The van der Waals surface area contributed by atoms with Gasteiger partial charge in [-0.3, -0.25) is 0 Å². The summed E-state index contributed by atoms with van der Waals surface area (Å²) >= 11 is 0. The molecule has 1 aromatic rings. The highest BCUT2D eigenvalue weighted by Crippen LogP contribution is 2.39. The third-order valence-corrected chi connectivity index (χ3v) is 4.23. The number of benzene rings is 1. The van der Waals surface area contributed by atoms with E-state index in [-0.39, 0.29) is 0 Å². The van der Waals surface area contributed by atoms with Crippen LogP contribution in [0.5, 0.6) is 5.75 Å². The fourth-order valence-corrected chi connectivity index (χ4v) is 3.57. The second-order valence-electron chi connectivity index (χ2n) is 7.07. The summed E-state index contributed by atoms with van der Waals surface area (Å²) in [6.45, 7) is 8.74. The molecule has 2 unspecified atom stereocenters. The van der Waals surface area contributed by atoms with E-state index in [1.165, 1.54) is 12.8 Å². The molecule has 0 bridgehead atoms. The molecule has 0 aromatic heterocycles. The Morgan fingerprint density at radius 1 is 1.19 bits per heavy atom. The van der Waals surface area contributed by atoms with E-state index in [9.17, 15) is 0 Å². The van der Waals surface area contributed by atoms with Gasteiger partial charge >= 0.3 is 0 Å². The predicted molar refractivity (Wildman–Crippen MR) is 86.4 cm³/mol. The van der Waals surface area contributed by atoms with Crippen molar-refractivity contribution in [1.82, 2.24) is 0 Å². The fraction of sp³-hybridized carbons (Fsp3) is 0.667. The van der Waals surface area contributed by atoms with Gasteiger partial charge < -0.3 is 15.2 Å². The van der Waals surface area contributed by atoms with Crippen LogP contribution in [0.3, 0.4) is 0 Å². The molecule has 1 saturated carbocycles. The van der Waals surface area contributed by atoms with Crippen LogP contribution in [-0.2, 0) is 11.3 Å². The van der Waals surface area contributed by atoms with Crippen LogP contribution in [0.2, 0.25) is 0 Å². The molecule has 0 aliphatic heterocycles. The molecule has 118 valence electrons. The summed E-state index contributed by atoms with van der Waals surface area (Å²) in [6.07, 6.45) is 3.99. The minimum absolute atomic E-state index is 0.372. The monoisotopic (exact) mass is 291 g/mol. The molecule has 1 aliphatic carbocycles. The van der Waals surface area contributed by atoms with Gasteiger partial charge in [-0.15, -0.1) is 0 Å². The van der Waals surface area contributed by atoms with Crippen molar-refractivity contribution >= 4 is 0 Å². The van der Waals surface area contributed by atoms with Crippen molar-refractivity contribution in [3.05, 3.63) is 29.8 Å². The number of ether oxygens (including phenoxy) is 2. The van der Waals surface area contributed by atoms with Crippen LogP contribution in [0.15, 0.2) is 24.3 Å². The van der Waals surface area contributed by atoms with E-state index in [1.54, 1.807) is 0 Å². The van der Waals surface area contributed by atoms with Crippen LogP contribution < -0.4 is 10.5 Å². The lowest BCUT2D eigenvalue weighted by molar-refractivity contribution is -0.0317. The number of rotatable bonds is 6. The smallest absolute Gasteiger partial charge is 0.123 e. The molecular weight excluding hydrogens is 262 g/mol. The zero-order chi connectivity index (χ0) is 15.3. The third kappa shape index (κ3) is 5.01. The fourth-order valence-electron chi connectivity index (χ4n) is 3.57. The lowest BCUT2D eigenvalue weighted by Crippen LogP contribution is -2.33. The molecule has 21 heavy (non-hydrogen) atoms. The van der Waals surface area contributed by atoms with Gasteiger partial charge in [-0.1, -0.05) is 39.0 Å². The van der Waals surface area contributed by atoms with Crippen LogP contribution in [0.4, 0.5) is 0 Å². The quantitative estimate of drug-likeness (QED) is 0.812. The standard InChI is InChI=1S/C18H29NO2/c1-14-10-16(12-18(2,3)11-14)20-8-9-21-17-7-5-4-6-15(17)13-19/h4-7,14,16H,8-13,19H2,1-3H3. The van der Waals surface area contributed by atoms with Crippen molar-refractivity contribution in [2.75, 3.05) is 13.2 Å². The first kappa shape index (κ1) is 16.3. The summed E-state index contributed by atoms with van der Waals surface area (Å²) in [5.74, 6) is 1.62. The summed E-state index contributed by atoms with van der Waals surface area (Å²) in [5, 5.41) is 0. The largest absolute Gasteiger partial charge is 0.491 e. The van der Waals surface area contributed by atoms with E-state index in [2.05, 4.69) is 20.8 Å². The Morgan fingerprint density at radius 3 is 2.67 bits per heavy atom. The van der Waals surface area contributed by atoms with Crippen molar-refractivity contribution in [1.29, 1.82) is 0 Å². The molecule has 3 heteroatoms.